The Morgan fingerprint density at radius 3 is 2.83 bits per heavy atom. The molecule has 1 fully saturated rings. The number of hydrogen-bond donors (Lipinski definition) is 0. The van der Waals surface area contributed by atoms with Crippen LogP contribution in [0.4, 0.5) is 0 Å². The van der Waals surface area contributed by atoms with Crippen molar-refractivity contribution >= 4 is 5.97 Å². The van der Waals surface area contributed by atoms with E-state index in [9.17, 15) is 4.79 Å². The minimum absolute atomic E-state index is 0.163. The number of ether oxygens (including phenoxy) is 1. The van der Waals surface area contributed by atoms with Crippen LogP contribution in [0.2, 0.25) is 0 Å². The van der Waals surface area contributed by atoms with Gasteiger partial charge in [-0.2, -0.15) is 5.10 Å². The van der Waals surface area contributed by atoms with E-state index in [1.54, 1.807) is 6.20 Å². The van der Waals surface area contributed by atoms with E-state index < -0.39 is 0 Å². The number of carbonyl (C=O) groups is 1. The van der Waals surface area contributed by atoms with E-state index in [1.807, 2.05) is 24.7 Å². The van der Waals surface area contributed by atoms with Gasteiger partial charge >= 0.3 is 5.97 Å². The number of esters is 1. The minimum atomic E-state index is -0.199. The van der Waals surface area contributed by atoms with Gasteiger partial charge in [0.2, 0.25) is 0 Å². The average Bonchev–Trinajstić information content (AvgIpc) is 2.70. The predicted octanol–water partition coefficient (Wildman–Crippen LogP) is 1.34. The number of carbonyl (C=O) groups excluding carboxylic acids is 1. The fourth-order valence-electron chi connectivity index (χ4n) is 2.35. The second-order valence-corrected chi connectivity index (χ2v) is 4.90. The number of methoxy groups -OCH3 is 1. The maximum Gasteiger partial charge on any atom is 0.322 e. The zero-order chi connectivity index (χ0) is 13.1. The molecule has 100 valence electrons. The molecular weight excluding hydrogens is 230 g/mol. The monoisotopic (exact) mass is 251 g/mol. The molecule has 1 aliphatic rings. The molecule has 0 aliphatic heterocycles. The first-order valence-electron chi connectivity index (χ1n) is 6.44. The summed E-state index contributed by atoms with van der Waals surface area (Å²) in [6, 6.07) is 2.29. The molecule has 0 aromatic carbocycles. The number of nitrogens with zero attached hydrogens (tertiary/aromatic N) is 3. The zero-order valence-electron chi connectivity index (χ0n) is 11.3. The summed E-state index contributed by atoms with van der Waals surface area (Å²) in [5.74, 6) is -0.163. The summed E-state index contributed by atoms with van der Waals surface area (Å²) in [6.07, 6.45) is 5.37. The molecule has 5 heteroatoms. The Morgan fingerprint density at radius 2 is 2.39 bits per heavy atom. The molecular formula is C13H21N3O2. The van der Waals surface area contributed by atoms with Gasteiger partial charge in [-0.3, -0.25) is 14.4 Å². The third-order valence-corrected chi connectivity index (χ3v) is 3.85. The molecule has 2 rings (SSSR count). The first-order chi connectivity index (χ1) is 8.63. The number of hydrogen-bond acceptors (Lipinski definition) is 4. The molecule has 0 spiro atoms. The van der Waals surface area contributed by atoms with Crippen molar-refractivity contribution in [3.05, 3.63) is 18.0 Å². The molecule has 1 atom stereocenters. The highest BCUT2D eigenvalue weighted by Gasteiger charge is 2.32. The summed E-state index contributed by atoms with van der Waals surface area (Å²) in [6.45, 7) is 2.66. The fraction of sp³-hybridized carbons (Fsp3) is 0.692. The van der Waals surface area contributed by atoms with Crippen LogP contribution in [0.3, 0.4) is 0 Å². The van der Waals surface area contributed by atoms with Crippen molar-refractivity contribution in [1.29, 1.82) is 0 Å². The summed E-state index contributed by atoms with van der Waals surface area (Å²) in [5, 5.41) is 4.17. The lowest BCUT2D eigenvalue weighted by atomic mass is 9.90. The van der Waals surface area contributed by atoms with Gasteiger partial charge in [-0.15, -0.1) is 0 Å². The van der Waals surface area contributed by atoms with Crippen LogP contribution in [0.5, 0.6) is 0 Å². The van der Waals surface area contributed by atoms with Gasteiger partial charge in [-0.1, -0.05) is 6.42 Å². The van der Waals surface area contributed by atoms with Crippen molar-refractivity contribution in [2.45, 2.75) is 44.8 Å². The van der Waals surface area contributed by atoms with E-state index in [4.69, 9.17) is 4.74 Å². The van der Waals surface area contributed by atoms with Gasteiger partial charge in [0.15, 0.2) is 0 Å². The Hall–Kier alpha value is -1.36. The van der Waals surface area contributed by atoms with Crippen LogP contribution < -0.4 is 0 Å². The maximum atomic E-state index is 11.7. The standard InChI is InChI=1S/C13H21N3O2/c1-10(13(17)18-3)16(11-5-4-6-11)9-12-7-8-14-15(12)2/h7-8,10-11H,4-6,9H2,1-3H3/t10-/m1/s1. The summed E-state index contributed by atoms with van der Waals surface area (Å²) in [5.41, 5.74) is 1.12. The van der Waals surface area contributed by atoms with Crippen LogP contribution >= 0.6 is 0 Å². The zero-order valence-corrected chi connectivity index (χ0v) is 11.3. The van der Waals surface area contributed by atoms with Gasteiger partial charge in [0.25, 0.3) is 0 Å². The molecule has 0 unspecified atom stereocenters. The van der Waals surface area contributed by atoms with Gasteiger partial charge in [-0.05, 0) is 25.8 Å². The third kappa shape index (κ3) is 2.56. The lowest BCUT2D eigenvalue weighted by Crippen LogP contribution is -2.48. The van der Waals surface area contributed by atoms with Gasteiger partial charge in [-0.25, -0.2) is 0 Å². The van der Waals surface area contributed by atoms with Crippen LogP contribution in [0.15, 0.2) is 12.3 Å². The van der Waals surface area contributed by atoms with Crippen molar-refractivity contribution in [3.8, 4) is 0 Å². The highest BCUT2D eigenvalue weighted by Crippen LogP contribution is 2.28. The SMILES string of the molecule is COC(=O)[C@@H](C)N(Cc1ccnn1C)C1CCC1. The Balaban J connectivity index is 2.10. The molecule has 0 radical (unpaired) electrons. The molecule has 0 saturated heterocycles. The molecule has 1 heterocycles. The normalized spacial score (nSPS) is 17.6. The van der Waals surface area contributed by atoms with Crippen LogP contribution in [0, 0.1) is 0 Å². The highest BCUT2D eigenvalue weighted by molar-refractivity contribution is 5.75. The minimum Gasteiger partial charge on any atom is -0.468 e. The van der Waals surface area contributed by atoms with Gasteiger partial charge in [0, 0.05) is 25.8 Å². The van der Waals surface area contributed by atoms with Crippen molar-refractivity contribution in [2.75, 3.05) is 7.11 Å². The second-order valence-electron chi connectivity index (χ2n) is 4.90. The summed E-state index contributed by atoms with van der Waals surface area (Å²) < 4.78 is 6.71. The van der Waals surface area contributed by atoms with E-state index in [0.29, 0.717) is 6.04 Å². The highest BCUT2D eigenvalue weighted by atomic mass is 16.5. The second kappa shape index (κ2) is 5.52. The van der Waals surface area contributed by atoms with Crippen LogP contribution in [0.1, 0.15) is 31.9 Å². The summed E-state index contributed by atoms with van der Waals surface area (Å²) in [4.78, 5) is 14.0. The topological polar surface area (TPSA) is 47.4 Å². The first kappa shape index (κ1) is 13.1. The lowest BCUT2D eigenvalue weighted by Gasteiger charge is -2.40. The Bertz CT molecular complexity index is 412. The number of aromatic nitrogens is 2. The molecule has 18 heavy (non-hydrogen) atoms. The molecule has 0 bridgehead atoms. The first-order valence-corrected chi connectivity index (χ1v) is 6.44. The molecule has 1 aromatic heterocycles. The van der Waals surface area contributed by atoms with Crippen molar-refractivity contribution < 1.29 is 9.53 Å². The predicted molar refractivity (Wildman–Crippen MR) is 67.9 cm³/mol. The van der Waals surface area contributed by atoms with Gasteiger partial charge in [0.1, 0.15) is 6.04 Å². The Kier molecular flexibility index (Phi) is 4.01. The van der Waals surface area contributed by atoms with Crippen molar-refractivity contribution in [3.63, 3.8) is 0 Å². The van der Waals surface area contributed by atoms with E-state index >= 15 is 0 Å². The van der Waals surface area contributed by atoms with E-state index in [2.05, 4.69) is 10.00 Å². The number of aryl methyl sites for hydroxylation is 1. The average molecular weight is 251 g/mol. The molecule has 1 aliphatic carbocycles. The van der Waals surface area contributed by atoms with Crippen molar-refractivity contribution in [2.24, 2.45) is 7.05 Å². The fourth-order valence-corrected chi connectivity index (χ4v) is 2.35. The molecule has 1 aromatic rings. The number of rotatable bonds is 5. The maximum absolute atomic E-state index is 11.7. The molecule has 0 amide bonds. The quantitative estimate of drug-likeness (QED) is 0.741. The smallest absolute Gasteiger partial charge is 0.322 e. The molecule has 0 N–H and O–H groups in total. The Morgan fingerprint density at radius 1 is 1.67 bits per heavy atom. The molecule has 1 saturated carbocycles. The van der Waals surface area contributed by atoms with E-state index in [0.717, 1.165) is 12.2 Å². The molecule has 5 nitrogen and oxygen atoms in total. The largest absolute Gasteiger partial charge is 0.468 e. The van der Waals surface area contributed by atoms with Crippen LogP contribution in [-0.2, 0) is 23.1 Å². The van der Waals surface area contributed by atoms with Crippen LogP contribution in [-0.4, -0.2) is 39.8 Å². The third-order valence-electron chi connectivity index (χ3n) is 3.85. The Labute approximate surface area is 108 Å². The lowest BCUT2D eigenvalue weighted by molar-refractivity contribution is -0.148. The summed E-state index contributed by atoms with van der Waals surface area (Å²) >= 11 is 0. The van der Waals surface area contributed by atoms with Crippen LogP contribution in [0.25, 0.3) is 0 Å². The van der Waals surface area contributed by atoms with Gasteiger partial charge in [0.05, 0.1) is 12.8 Å². The van der Waals surface area contributed by atoms with E-state index in [-0.39, 0.29) is 12.0 Å². The summed E-state index contributed by atoms with van der Waals surface area (Å²) in [7, 11) is 3.37. The van der Waals surface area contributed by atoms with Crippen molar-refractivity contribution in [1.82, 2.24) is 14.7 Å². The van der Waals surface area contributed by atoms with Gasteiger partial charge < -0.3 is 4.74 Å². The van der Waals surface area contributed by atoms with E-state index in [1.165, 1.54) is 26.4 Å².